The normalized spacial score (nSPS) is 11.3. The third kappa shape index (κ3) is 4.98. The van der Waals surface area contributed by atoms with E-state index in [2.05, 4.69) is 27.1 Å². The van der Waals surface area contributed by atoms with Gasteiger partial charge in [-0.25, -0.2) is 4.98 Å². The number of hydrogen-bond donors (Lipinski definition) is 2. The van der Waals surface area contributed by atoms with Gasteiger partial charge in [-0.05, 0) is 39.8 Å². The third-order valence-electron chi connectivity index (χ3n) is 5.27. The van der Waals surface area contributed by atoms with Gasteiger partial charge >= 0.3 is 0 Å². The van der Waals surface area contributed by atoms with Gasteiger partial charge in [-0.3, -0.25) is 4.98 Å². The lowest BCUT2D eigenvalue weighted by atomic mass is 10.1. The molecule has 0 aliphatic rings. The van der Waals surface area contributed by atoms with Gasteiger partial charge in [0.25, 0.3) is 0 Å². The highest BCUT2D eigenvalue weighted by molar-refractivity contribution is 6.34. The second kappa shape index (κ2) is 9.34. The number of rotatable bonds is 5. The average Bonchev–Trinajstić information content (AvgIpc) is 3.13. The van der Waals surface area contributed by atoms with Crippen molar-refractivity contribution < 1.29 is 9.84 Å². The van der Waals surface area contributed by atoms with Crippen molar-refractivity contribution in [1.82, 2.24) is 19.5 Å². The van der Waals surface area contributed by atoms with Crippen molar-refractivity contribution in [2.45, 2.75) is 39.8 Å². The van der Waals surface area contributed by atoms with Crippen LogP contribution in [-0.2, 0) is 6.54 Å². The zero-order valence-electron chi connectivity index (χ0n) is 19.8. The molecular weight excluding hydrogens is 450 g/mol. The number of methoxy groups -OCH3 is 1. The van der Waals surface area contributed by atoms with Gasteiger partial charge in [0, 0.05) is 29.2 Å². The molecule has 0 saturated carbocycles. The largest absolute Gasteiger partial charge is 0.496 e. The van der Waals surface area contributed by atoms with E-state index in [1.807, 2.05) is 54.9 Å². The quantitative estimate of drug-likeness (QED) is 0.311. The average molecular weight is 476 g/mol. The van der Waals surface area contributed by atoms with Crippen LogP contribution < -0.4 is 10.1 Å². The van der Waals surface area contributed by atoms with E-state index in [4.69, 9.17) is 21.3 Å². The monoisotopic (exact) mass is 475 g/mol. The molecule has 0 saturated heterocycles. The molecule has 0 amide bonds. The SMILES string of the molecule is COc1c(C)cnc(Cn2cc(C#CC(C)(C)O)c3c(Cl)nc(Nc4ccccc4)nc32)c1C. The van der Waals surface area contributed by atoms with E-state index >= 15 is 0 Å². The number of halogens is 1. The number of ether oxygens (including phenoxy) is 1. The zero-order chi connectivity index (χ0) is 24.5. The number of anilines is 2. The Labute approximate surface area is 203 Å². The standard InChI is InChI=1S/C26H26ClN5O2/c1-16-13-28-20(17(2)22(16)34-5)15-32-14-18(11-12-26(3,4)33)21-23(27)30-25(31-24(21)32)29-19-9-7-6-8-10-19/h6-10,13-14,33H,15H2,1-5H3,(H,29,30,31). The van der Waals surface area contributed by atoms with E-state index in [-0.39, 0.29) is 5.15 Å². The number of para-hydroxylation sites is 1. The van der Waals surface area contributed by atoms with Crippen LogP contribution in [0.25, 0.3) is 11.0 Å². The molecule has 0 unspecified atom stereocenters. The summed E-state index contributed by atoms with van der Waals surface area (Å²) in [6.07, 6.45) is 3.66. The van der Waals surface area contributed by atoms with Crippen LogP contribution >= 0.6 is 11.6 Å². The van der Waals surface area contributed by atoms with E-state index in [1.54, 1.807) is 27.2 Å². The molecule has 0 bridgehead atoms. The molecule has 4 rings (SSSR count). The highest BCUT2D eigenvalue weighted by atomic mass is 35.5. The summed E-state index contributed by atoms with van der Waals surface area (Å²) in [6.45, 7) is 7.64. The molecule has 0 spiro atoms. The summed E-state index contributed by atoms with van der Waals surface area (Å²) >= 11 is 6.63. The second-order valence-electron chi connectivity index (χ2n) is 8.55. The maximum atomic E-state index is 10.1. The molecule has 0 aliphatic heterocycles. The molecule has 0 atom stereocenters. The molecule has 174 valence electrons. The Kier molecular flexibility index (Phi) is 6.47. The van der Waals surface area contributed by atoms with Gasteiger partial charge in [0.1, 0.15) is 22.2 Å². The van der Waals surface area contributed by atoms with Gasteiger partial charge in [-0.2, -0.15) is 4.98 Å². The Morgan fingerprint density at radius 1 is 1.18 bits per heavy atom. The van der Waals surface area contributed by atoms with Gasteiger partial charge in [0.2, 0.25) is 5.95 Å². The number of aryl methyl sites for hydroxylation is 1. The molecule has 7 nitrogen and oxygen atoms in total. The minimum atomic E-state index is -1.15. The Morgan fingerprint density at radius 3 is 2.59 bits per heavy atom. The van der Waals surface area contributed by atoms with Crippen LogP contribution in [0.4, 0.5) is 11.6 Å². The zero-order valence-corrected chi connectivity index (χ0v) is 20.5. The lowest BCUT2D eigenvalue weighted by molar-refractivity contribution is 0.143. The second-order valence-corrected chi connectivity index (χ2v) is 8.91. The number of nitrogens with one attached hydrogen (secondary N) is 1. The van der Waals surface area contributed by atoms with Crippen molar-refractivity contribution in [2.24, 2.45) is 0 Å². The van der Waals surface area contributed by atoms with Gasteiger partial charge in [0.15, 0.2) is 0 Å². The van der Waals surface area contributed by atoms with Crippen molar-refractivity contribution in [3.63, 3.8) is 0 Å². The fourth-order valence-corrected chi connectivity index (χ4v) is 3.94. The molecular formula is C26H26ClN5O2. The van der Waals surface area contributed by atoms with Gasteiger partial charge in [0.05, 0.1) is 30.3 Å². The minimum Gasteiger partial charge on any atom is -0.496 e. The van der Waals surface area contributed by atoms with Crippen molar-refractivity contribution in [3.8, 4) is 17.6 Å². The maximum absolute atomic E-state index is 10.1. The molecule has 3 heterocycles. The molecule has 4 aromatic rings. The third-order valence-corrected chi connectivity index (χ3v) is 5.55. The van der Waals surface area contributed by atoms with Gasteiger partial charge in [-0.15, -0.1) is 0 Å². The molecule has 3 aromatic heterocycles. The number of pyridine rings is 1. The van der Waals surface area contributed by atoms with E-state index < -0.39 is 5.60 Å². The minimum absolute atomic E-state index is 0.272. The highest BCUT2D eigenvalue weighted by Crippen LogP contribution is 2.30. The number of aliphatic hydroxyl groups is 1. The number of hydrogen-bond acceptors (Lipinski definition) is 6. The first-order valence-corrected chi connectivity index (χ1v) is 11.2. The predicted molar refractivity (Wildman–Crippen MR) is 135 cm³/mol. The molecule has 0 fully saturated rings. The van der Waals surface area contributed by atoms with Crippen LogP contribution in [0.3, 0.4) is 0 Å². The molecule has 2 N–H and O–H groups in total. The highest BCUT2D eigenvalue weighted by Gasteiger charge is 2.18. The van der Waals surface area contributed by atoms with E-state index in [1.165, 1.54) is 0 Å². The summed E-state index contributed by atoms with van der Waals surface area (Å²) in [5, 5.41) is 14.2. The van der Waals surface area contributed by atoms with Crippen molar-refractivity contribution >= 4 is 34.3 Å². The van der Waals surface area contributed by atoms with Crippen molar-refractivity contribution in [1.29, 1.82) is 0 Å². The Balaban J connectivity index is 1.86. The number of fused-ring (bicyclic) bond motifs is 1. The number of aromatic nitrogens is 4. The Hall–Kier alpha value is -3.60. The van der Waals surface area contributed by atoms with Crippen molar-refractivity contribution in [2.75, 3.05) is 12.4 Å². The van der Waals surface area contributed by atoms with Gasteiger partial charge < -0.3 is 19.7 Å². The summed E-state index contributed by atoms with van der Waals surface area (Å²) in [6, 6.07) is 9.63. The summed E-state index contributed by atoms with van der Waals surface area (Å²) in [4.78, 5) is 13.8. The Bertz CT molecular complexity index is 1410. The van der Waals surface area contributed by atoms with Crippen molar-refractivity contribution in [3.05, 3.63) is 70.3 Å². The first-order valence-electron chi connectivity index (χ1n) is 10.8. The van der Waals surface area contributed by atoms with Crippen LogP contribution in [0.5, 0.6) is 5.75 Å². The molecule has 8 heteroatoms. The van der Waals surface area contributed by atoms with Gasteiger partial charge in [-0.1, -0.05) is 41.6 Å². The number of benzene rings is 1. The molecule has 34 heavy (non-hydrogen) atoms. The van der Waals surface area contributed by atoms with Crippen LogP contribution in [0.1, 0.15) is 36.2 Å². The summed E-state index contributed by atoms with van der Waals surface area (Å²) < 4.78 is 7.51. The fraction of sp³-hybridized carbons (Fsp3) is 0.269. The smallest absolute Gasteiger partial charge is 0.230 e. The van der Waals surface area contributed by atoms with Crippen LogP contribution in [0, 0.1) is 25.7 Å². The van der Waals surface area contributed by atoms with E-state index in [0.29, 0.717) is 29.1 Å². The Morgan fingerprint density at radius 2 is 1.91 bits per heavy atom. The van der Waals surface area contributed by atoms with Crippen LogP contribution in [0.2, 0.25) is 5.15 Å². The first-order chi connectivity index (χ1) is 16.2. The predicted octanol–water partition coefficient (Wildman–Crippen LogP) is 5.02. The topological polar surface area (TPSA) is 85.1 Å². The molecule has 0 radical (unpaired) electrons. The lowest BCUT2D eigenvalue weighted by Crippen LogP contribution is -2.14. The fourth-order valence-electron chi connectivity index (χ4n) is 3.68. The molecule has 0 aliphatic carbocycles. The van der Waals surface area contributed by atoms with Crippen LogP contribution in [0.15, 0.2) is 42.7 Å². The van der Waals surface area contributed by atoms with E-state index in [9.17, 15) is 5.11 Å². The summed E-state index contributed by atoms with van der Waals surface area (Å²) in [5.41, 5.74) is 3.70. The van der Waals surface area contributed by atoms with E-state index in [0.717, 1.165) is 28.3 Å². The number of nitrogens with zero attached hydrogens (tertiary/aromatic N) is 4. The first kappa shape index (κ1) is 23.6. The lowest BCUT2D eigenvalue weighted by Gasteiger charge is -2.13. The van der Waals surface area contributed by atoms with Crippen LogP contribution in [-0.4, -0.2) is 37.3 Å². The maximum Gasteiger partial charge on any atom is 0.230 e. The summed E-state index contributed by atoms with van der Waals surface area (Å²) in [5.74, 6) is 7.07. The molecule has 1 aromatic carbocycles. The summed E-state index contributed by atoms with van der Waals surface area (Å²) in [7, 11) is 1.66.